The van der Waals surface area contributed by atoms with Crippen LogP contribution in [0.4, 0.5) is 63.1 Å². The molecule has 16 aromatic rings. The summed E-state index contributed by atoms with van der Waals surface area (Å²) in [6, 6.07) is 48.2. The van der Waals surface area contributed by atoms with Crippen molar-refractivity contribution in [3.05, 3.63) is 248 Å². The highest BCUT2D eigenvalue weighted by Crippen LogP contribution is 2.37. The van der Waals surface area contributed by atoms with Crippen LogP contribution in [-0.2, 0) is 11.3 Å². The SMILES string of the molecule is O=C(Nc1ccc(N2CCCCC2)nc1)c1n[nH]c2ccc(-c3cncc(CN4CCCC4)c3)cc12.O=C(Nc1ccc(N2CCCCC2)nc1)c1n[nH]c2ccc(-c3cncc(N4CCCC4)c3)cc12.O=C(Nc1ccc(N2CCCCC2)nc1)c1n[nH]c2ccc(-c3cncc(N4CCCCC4)c3)cc12.O=C(Nc1ccc(N2CCCCC2)nc1)c1n[nH]c2ccc(-c3cncc(N4CCOCC4)c3)cc12. The van der Waals surface area contributed by atoms with Crippen LogP contribution in [0.15, 0.2) is 220 Å². The molecule has 8 saturated heterocycles. The van der Waals surface area contributed by atoms with E-state index in [1.54, 1.807) is 24.8 Å². The van der Waals surface area contributed by atoms with Gasteiger partial charge in [-0.25, -0.2) is 19.9 Å². The smallest absolute Gasteiger partial charge is 0.276 e. The van der Waals surface area contributed by atoms with Crippen molar-refractivity contribution in [1.82, 2.24) is 85.6 Å². The largest absolute Gasteiger partial charge is 0.378 e. The average Bonchev–Trinajstić information content (AvgIpc) is 1.64. The van der Waals surface area contributed by atoms with E-state index in [2.05, 4.69) is 165 Å². The molecule has 8 N–H and O–H groups in total. The van der Waals surface area contributed by atoms with E-state index >= 15 is 0 Å². The molecule has 730 valence electrons. The molecule has 8 fully saturated rings. The molecule has 8 aliphatic rings. The number of benzene rings is 4. The molecule has 33 nitrogen and oxygen atoms in total. The lowest BCUT2D eigenvalue weighted by Crippen LogP contribution is -2.36. The molecular formula is C110H120N28O5. The van der Waals surface area contributed by atoms with E-state index in [0.29, 0.717) is 45.5 Å². The number of morpholine rings is 1. The number of nitrogens with one attached hydrogen (secondary N) is 8. The number of ether oxygens (including phenoxy) is 1. The number of amides is 4. The first-order valence-electron chi connectivity index (χ1n) is 50.8. The molecule has 4 amide bonds. The molecule has 0 aliphatic carbocycles. The standard InChI is InChI=1S/2C28H31N7O.C27H29N7O2.C27H29N7O/c36-28(31-22-8-10-26(30-18-22)35-13-5-2-6-14-35)27-24-16-20(7-9-25(24)32-33-27)21-15-23(19-29-17-21)34-11-3-1-4-12-34;36-28(31-23-7-9-26(30-18-23)35-12-2-1-3-13-35)27-24-15-21(6-8-25(24)32-33-27)22-14-20(16-29-17-22)19-34-10-4-5-11-34;35-27(30-21-5-7-25(29-17-21)34-8-2-1-3-9-34)26-23-15-19(4-6-24(23)31-32-26)20-14-22(18-28-16-20)33-10-12-36-13-11-33;35-27(30-21-7-9-25(29-17-21)34-12-2-1-3-13-34)26-23-15-19(6-8-24(23)31-32-26)20-14-22(18-28-16-20)33-10-4-5-11-33/h7-10,15-19H,1-6,11-14H2,(H,31,36)(H,32,33);6-9,14-18H,1-5,10-13,19H2,(H,31,36)(H,32,33);4-7,14-18H,1-3,8-13H2,(H,30,35)(H,31,32);6-9,14-18H,1-5,10-13H2,(H,30,35)(H,31,32). The molecule has 0 spiro atoms. The second-order valence-corrected chi connectivity index (χ2v) is 38.2. The number of likely N-dealkylation sites (tertiary alicyclic amines) is 1. The first-order valence-corrected chi connectivity index (χ1v) is 50.8. The molecule has 0 atom stereocenters. The number of piperidine rings is 5. The Morgan fingerprint density at radius 3 is 0.797 bits per heavy atom. The van der Waals surface area contributed by atoms with Crippen LogP contribution in [0, 0.1) is 0 Å². The Morgan fingerprint density at radius 1 is 0.252 bits per heavy atom. The van der Waals surface area contributed by atoms with E-state index < -0.39 is 0 Å². The van der Waals surface area contributed by atoms with Gasteiger partial charge < -0.3 is 60.3 Å². The van der Waals surface area contributed by atoms with E-state index in [0.717, 1.165) is 253 Å². The Hall–Kier alpha value is -15.6. The number of nitrogens with zero attached hydrogens (tertiary/aromatic N) is 20. The molecule has 24 rings (SSSR count). The summed E-state index contributed by atoms with van der Waals surface area (Å²) >= 11 is 0. The summed E-state index contributed by atoms with van der Waals surface area (Å²) in [5.74, 6) is 2.79. The number of pyridine rings is 8. The fourth-order valence-corrected chi connectivity index (χ4v) is 20.5. The van der Waals surface area contributed by atoms with Gasteiger partial charge in [-0.05, 0) is 284 Å². The van der Waals surface area contributed by atoms with Crippen LogP contribution in [0.2, 0.25) is 0 Å². The summed E-state index contributed by atoms with van der Waals surface area (Å²) in [5.41, 5.74) is 20.0. The summed E-state index contributed by atoms with van der Waals surface area (Å²) < 4.78 is 5.47. The van der Waals surface area contributed by atoms with Gasteiger partial charge in [-0.3, -0.25) is 64.4 Å². The van der Waals surface area contributed by atoms with Crippen molar-refractivity contribution in [3.8, 4) is 44.5 Å². The van der Waals surface area contributed by atoms with Gasteiger partial charge in [0.25, 0.3) is 23.6 Å². The monoisotopic (exact) mass is 1910 g/mol. The molecule has 8 aliphatic heterocycles. The van der Waals surface area contributed by atoms with Crippen LogP contribution in [0.3, 0.4) is 0 Å². The van der Waals surface area contributed by atoms with Crippen molar-refractivity contribution < 1.29 is 23.9 Å². The first-order chi connectivity index (χ1) is 70.5. The molecule has 33 heteroatoms. The number of fused-ring (bicyclic) bond motifs is 4. The zero-order valence-electron chi connectivity index (χ0n) is 80.6. The number of hydrogen-bond acceptors (Lipinski definition) is 25. The fraction of sp³-hybridized carbons (Fsp3) is 0.345. The Labute approximate surface area is 829 Å². The summed E-state index contributed by atoms with van der Waals surface area (Å²) in [4.78, 5) is 107. The Kier molecular flexibility index (Phi) is 29.1. The van der Waals surface area contributed by atoms with Crippen LogP contribution in [0.5, 0.6) is 0 Å². The minimum absolute atomic E-state index is 0.258. The van der Waals surface area contributed by atoms with E-state index in [1.165, 1.54) is 128 Å². The minimum Gasteiger partial charge on any atom is -0.378 e. The predicted molar refractivity (Wildman–Crippen MR) is 565 cm³/mol. The Balaban J connectivity index is 0.000000113. The summed E-state index contributed by atoms with van der Waals surface area (Å²) in [6.45, 7) is 19.0. The molecule has 143 heavy (non-hydrogen) atoms. The summed E-state index contributed by atoms with van der Waals surface area (Å²) in [7, 11) is 0. The number of aromatic amines is 4. The number of hydrogen-bond donors (Lipinski definition) is 8. The van der Waals surface area contributed by atoms with Gasteiger partial charge in [-0.1, -0.05) is 24.3 Å². The first kappa shape index (κ1) is 93.6. The zero-order valence-corrected chi connectivity index (χ0v) is 80.6. The molecule has 0 unspecified atom stereocenters. The van der Waals surface area contributed by atoms with E-state index in [1.807, 2.05) is 171 Å². The molecule has 20 heterocycles. The number of carbonyl (C=O) groups is 4. The number of rotatable bonds is 21. The number of aromatic nitrogens is 16. The molecule has 4 aromatic carbocycles. The van der Waals surface area contributed by atoms with E-state index in [4.69, 9.17) is 4.74 Å². The van der Waals surface area contributed by atoms with E-state index in [-0.39, 0.29) is 23.6 Å². The van der Waals surface area contributed by atoms with Crippen molar-refractivity contribution in [3.63, 3.8) is 0 Å². The topological polar surface area (TPSA) is 369 Å². The van der Waals surface area contributed by atoms with E-state index in [9.17, 15) is 19.2 Å². The second-order valence-electron chi connectivity index (χ2n) is 38.2. The van der Waals surface area contributed by atoms with Crippen LogP contribution in [0.25, 0.3) is 88.1 Å². The lowest BCUT2D eigenvalue weighted by Gasteiger charge is -2.28. The maximum absolute atomic E-state index is 13.1. The van der Waals surface area contributed by atoms with Gasteiger partial charge in [0.05, 0.1) is 118 Å². The molecule has 0 radical (unpaired) electrons. The third kappa shape index (κ3) is 22.6. The molecule has 12 aromatic heterocycles. The van der Waals surface area contributed by atoms with Crippen LogP contribution in [-0.4, -0.2) is 227 Å². The van der Waals surface area contributed by atoms with Crippen LogP contribution in [0.1, 0.15) is 170 Å². The van der Waals surface area contributed by atoms with Gasteiger partial charge in [-0.15, -0.1) is 0 Å². The minimum atomic E-state index is -0.272. The molecular weight excluding hydrogens is 1790 g/mol. The maximum Gasteiger partial charge on any atom is 0.276 e. The van der Waals surface area contributed by atoms with Gasteiger partial charge >= 0.3 is 0 Å². The number of anilines is 11. The van der Waals surface area contributed by atoms with Gasteiger partial charge in [0.1, 0.15) is 23.3 Å². The average molecular weight is 1910 g/mol. The Bertz CT molecular complexity index is 6870. The maximum atomic E-state index is 13.1. The second kappa shape index (κ2) is 44.5. The van der Waals surface area contributed by atoms with Gasteiger partial charge in [0.2, 0.25) is 0 Å². The van der Waals surface area contributed by atoms with Crippen molar-refractivity contribution in [2.75, 3.05) is 173 Å². The molecule has 0 saturated carbocycles. The fourth-order valence-electron chi connectivity index (χ4n) is 20.5. The lowest BCUT2D eigenvalue weighted by atomic mass is 10.0. The summed E-state index contributed by atoms with van der Waals surface area (Å²) in [5, 5.41) is 44.1. The van der Waals surface area contributed by atoms with Crippen molar-refractivity contribution in [2.24, 2.45) is 0 Å². The van der Waals surface area contributed by atoms with Crippen LogP contribution < -0.4 is 55.6 Å². The third-order valence-corrected chi connectivity index (χ3v) is 28.3. The summed E-state index contributed by atoms with van der Waals surface area (Å²) in [6.07, 6.45) is 45.5. The van der Waals surface area contributed by atoms with Crippen molar-refractivity contribution in [1.29, 1.82) is 0 Å². The van der Waals surface area contributed by atoms with Gasteiger partial charge in [0, 0.05) is 173 Å². The highest BCUT2D eigenvalue weighted by molar-refractivity contribution is 6.15. The quantitative estimate of drug-likeness (QED) is 0.0331. The predicted octanol–water partition coefficient (Wildman–Crippen LogP) is 19.1. The normalized spacial score (nSPS) is 16.3. The number of carbonyl (C=O) groups excluding carboxylic acids is 4. The highest BCUT2D eigenvalue weighted by Gasteiger charge is 2.27. The van der Waals surface area contributed by atoms with Crippen LogP contribution >= 0.6 is 0 Å². The van der Waals surface area contributed by atoms with Gasteiger partial charge in [-0.2, -0.15) is 20.4 Å². The third-order valence-electron chi connectivity index (χ3n) is 28.3. The Morgan fingerprint density at radius 2 is 0.510 bits per heavy atom. The van der Waals surface area contributed by atoms with Gasteiger partial charge in [0.15, 0.2) is 22.8 Å². The highest BCUT2D eigenvalue weighted by atomic mass is 16.5. The number of H-pyrrole nitrogens is 4. The molecule has 0 bridgehead atoms. The van der Waals surface area contributed by atoms with Crippen molar-refractivity contribution >= 4 is 130 Å². The lowest BCUT2D eigenvalue weighted by molar-refractivity contribution is 0.101. The van der Waals surface area contributed by atoms with Crippen molar-refractivity contribution in [2.45, 2.75) is 129 Å². The zero-order chi connectivity index (χ0) is 96.6.